The number of ether oxygens (including phenoxy) is 2. The van der Waals surface area contributed by atoms with E-state index in [0.29, 0.717) is 46.7 Å². The van der Waals surface area contributed by atoms with Crippen molar-refractivity contribution in [3.05, 3.63) is 130 Å². The molecule has 55 heavy (non-hydrogen) atoms. The van der Waals surface area contributed by atoms with Crippen LogP contribution in [0.5, 0.6) is 0 Å². The van der Waals surface area contributed by atoms with Crippen molar-refractivity contribution in [1.82, 2.24) is 14.8 Å². The molecule has 1 aromatic heterocycles. The van der Waals surface area contributed by atoms with E-state index in [4.69, 9.17) is 9.47 Å². The van der Waals surface area contributed by atoms with Gasteiger partial charge in [-0.25, -0.2) is 9.59 Å². The lowest BCUT2D eigenvalue weighted by Crippen LogP contribution is -2.42. The van der Waals surface area contributed by atoms with Crippen molar-refractivity contribution < 1.29 is 28.7 Å². The molecule has 0 radical (unpaired) electrons. The van der Waals surface area contributed by atoms with E-state index >= 15 is 0 Å². The lowest BCUT2D eigenvalue weighted by molar-refractivity contribution is 0.0227. The molecular formula is C44H49N5O6. The Morgan fingerprint density at radius 3 is 2.20 bits per heavy atom. The number of methoxy groups -OCH3 is 1. The van der Waals surface area contributed by atoms with Gasteiger partial charge in [0.15, 0.2) is 0 Å². The van der Waals surface area contributed by atoms with Crippen LogP contribution in [0, 0.1) is 0 Å². The Morgan fingerprint density at radius 2 is 1.51 bits per heavy atom. The maximum Gasteiger partial charge on any atom is 0.410 e. The summed E-state index contributed by atoms with van der Waals surface area (Å²) in [5, 5.41) is 6.67. The molecular weight excluding hydrogens is 695 g/mol. The number of para-hydroxylation sites is 1. The number of anilines is 2. The van der Waals surface area contributed by atoms with Gasteiger partial charge < -0.3 is 30.0 Å². The smallest absolute Gasteiger partial charge is 0.410 e. The standard InChI is InChI=1S/C44H49N5O6/c1-44(2,3)55-43(53)48(4)35-24-25-49(28-35)27-31-12-9-13-33(26-31)40(50)47-39-38(36-14-6-7-15-37(36)46-39)41(51)45-34-22-18-30(19-23-34)11-8-10-29-16-20-32(21-17-29)42(52)54-5/h6-7,9,12-23,26,35,46H,8,10-11,24-25,27-28H2,1-5H3,(H,45,51)(H,47,50). The van der Waals surface area contributed by atoms with Crippen molar-refractivity contribution in [2.24, 2.45) is 0 Å². The number of esters is 1. The molecule has 2 heterocycles. The SMILES string of the molecule is COC(=O)c1ccc(CCCc2ccc(NC(=O)c3c(NC(=O)c4cccc(CN5CCC(N(C)C(=O)OC(C)(C)C)C5)c4)[nH]c4ccccc34)cc2)cc1. The minimum absolute atomic E-state index is 0.0438. The number of likely N-dealkylation sites (N-methyl/N-ethyl adjacent to an activating group) is 1. The third kappa shape index (κ3) is 9.98. The summed E-state index contributed by atoms with van der Waals surface area (Å²) in [7, 11) is 3.15. The summed E-state index contributed by atoms with van der Waals surface area (Å²) in [4.78, 5) is 58.9. The highest BCUT2D eigenvalue weighted by Gasteiger charge is 2.31. The van der Waals surface area contributed by atoms with Crippen molar-refractivity contribution >= 4 is 46.3 Å². The quantitative estimate of drug-likeness (QED) is 0.110. The van der Waals surface area contributed by atoms with Crippen molar-refractivity contribution in [2.45, 2.75) is 64.6 Å². The van der Waals surface area contributed by atoms with E-state index in [1.807, 2.05) is 99.6 Å². The van der Waals surface area contributed by atoms with Crippen LogP contribution in [0.2, 0.25) is 0 Å². The summed E-state index contributed by atoms with van der Waals surface area (Å²) in [6, 6.07) is 30.2. The molecule has 1 saturated heterocycles. The number of rotatable bonds is 12. The zero-order valence-corrected chi connectivity index (χ0v) is 32.1. The number of aromatic nitrogens is 1. The first-order chi connectivity index (χ1) is 26.4. The van der Waals surface area contributed by atoms with Gasteiger partial charge in [-0.2, -0.15) is 0 Å². The van der Waals surface area contributed by atoms with Gasteiger partial charge in [0, 0.05) is 54.9 Å². The highest BCUT2D eigenvalue weighted by Crippen LogP contribution is 2.28. The summed E-state index contributed by atoms with van der Waals surface area (Å²) < 4.78 is 10.3. The van der Waals surface area contributed by atoms with Gasteiger partial charge in [0.25, 0.3) is 11.8 Å². The normalized spacial score (nSPS) is 14.4. The maximum atomic E-state index is 13.8. The molecule has 286 valence electrons. The third-order valence-electron chi connectivity index (χ3n) is 9.76. The van der Waals surface area contributed by atoms with Gasteiger partial charge in [-0.05, 0) is 106 Å². The van der Waals surface area contributed by atoms with Crippen LogP contribution in [0.4, 0.5) is 16.3 Å². The van der Waals surface area contributed by atoms with Crippen molar-refractivity contribution in [3.63, 3.8) is 0 Å². The molecule has 0 saturated carbocycles. The number of amides is 3. The molecule has 0 aliphatic carbocycles. The lowest BCUT2D eigenvalue weighted by Gasteiger charge is -2.28. The molecule has 1 aliphatic heterocycles. The number of fused-ring (bicyclic) bond motifs is 1. The van der Waals surface area contributed by atoms with E-state index in [0.717, 1.165) is 54.4 Å². The number of aromatic amines is 1. The van der Waals surface area contributed by atoms with Gasteiger partial charge in [-0.1, -0.05) is 54.6 Å². The van der Waals surface area contributed by atoms with Crippen LogP contribution in [0.15, 0.2) is 97.1 Å². The number of hydrogen-bond donors (Lipinski definition) is 3. The molecule has 0 bridgehead atoms. The monoisotopic (exact) mass is 743 g/mol. The van der Waals surface area contributed by atoms with Crippen LogP contribution in [0.25, 0.3) is 10.9 Å². The first-order valence-corrected chi connectivity index (χ1v) is 18.6. The molecule has 0 spiro atoms. The molecule has 4 aromatic carbocycles. The number of carbonyl (C=O) groups excluding carboxylic acids is 4. The summed E-state index contributed by atoms with van der Waals surface area (Å²) in [5.41, 5.74) is 5.43. The second kappa shape index (κ2) is 17.0. The fraction of sp³-hybridized carbons (Fsp3) is 0.318. The van der Waals surface area contributed by atoms with Gasteiger partial charge in [0.1, 0.15) is 11.4 Å². The van der Waals surface area contributed by atoms with Gasteiger partial charge in [0.05, 0.1) is 18.2 Å². The first-order valence-electron chi connectivity index (χ1n) is 18.6. The van der Waals surface area contributed by atoms with Gasteiger partial charge in [-0.15, -0.1) is 0 Å². The van der Waals surface area contributed by atoms with E-state index in [1.165, 1.54) is 7.11 Å². The lowest BCUT2D eigenvalue weighted by atomic mass is 10.0. The number of hydrogen-bond acceptors (Lipinski definition) is 7. The largest absolute Gasteiger partial charge is 0.465 e. The Kier molecular flexibility index (Phi) is 12.0. The molecule has 6 rings (SSSR count). The number of likely N-dealkylation sites (tertiary alicyclic amines) is 1. The average molecular weight is 744 g/mol. The van der Waals surface area contributed by atoms with Gasteiger partial charge >= 0.3 is 12.1 Å². The topological polar surface area (TPSA) is 133 Å². The molecule has 1 unspecified atom stereocenters. The summed E-state index contributed by atoms with van der Waals surface area (Å²) >= 11 is 0. The zero-order valence-electron chi connectivity index (χ0n) is 32.1. The average Bonchev–Trinajstić information content (AvgIpc) is 3.79. The zero-order chi connectivity index (χ0) is 39.1. The van der Waals surface area contributed by atoms with E-state index in [9.17, 15) is 19.2 Å². The summed E-state index contributed by atoms with van der Waals surface area (Å²) in [5.74, 6) is -0.709. The summed E-state index contributed by atoms with van der Waals surface area (Å²) in [6.45, 7) is 7.74. The minimum atomic E-state index is -0.554. The van der Waals surface area contributed by atoms with Crippen LogP contribution in [0.1, 0.15) is 81.4 Å². The second-order valence-electron chi connectivity index (χ2n) is 15.0. The Morgan fingerprint density at radius 1 is 0.818 bits per heavy atom. The highest BCUT2D eigenvalue weighted by atomic mass is 16.6. The van der Waals surface area contributed by atoms with Crippen LogP contribution in [0.3, 0.4) is 0 Å². The Balaban J connectivity index is 1.06. The molecule has 1 atom stereocenters. The number of H-pyrrole nitrogens is 1. The Labute approximate surface area is 322 Å². The first kappa shape index (κ1) is 38.8. The molecule has 1 aliphatic rings. The van der Waals surface area contributed by atoms with E-state index in [-0.39, 0.29) is 29.9 Å². The number of nitrogens with one attached hydrogen (secondary N) is 3. The van der Waals surface area contributed by atoms with Crippen molar-refractivity contribution in [1.29, 1.82) is 0 Å². The number of aryl methyl sites for hydroxylation is 2. The Bertz CT molecular complexity index is 2150. The van der Waals surface area contributed by atoms with Gasteiger partial charge in [0.2, 0.25) is 0 Å². The fourth-order valence-electron chi connectivity index (χ4n) is 6.85. The molecule has 1 fully saturated rings. The predicted octanol–water partition coefficient (Wildman–Crippen LogP) is 8.08. The number of nitrogens with zero attached hydrogens (tertiary/aromatic N) is 2. The molecule has 5 aromatic rings. The second-order valence-corrected chi connectivity index (χ2v) is 15.0. The predicted molar refractivity (Wildman–Crippen MR) is 215 cm³/mol. The van der Waals surface area contributed by atoms with E-state index < -0.39 is 5.60 Å². The number of benzene rings is 4. The molecule has 11 heteroatoms. The van der Waals surface area contributed by atoms with Crippen LogP contribution >= 0.6 is 0 Å². The maximum absolute atomic E-state index is 13.8. The van der Waals surface area contributed by atoms with Crippen molar-refractivity contribution in [2.75, 3.05) is 37.9 Å². The molecule has 3 N–H and O–H groups in total. The molecule has 3 amide bonds. The Hall–Kier alpha value is -5.94. The number of carbonyl (C=O) groups is 4. The van der Waals surface area contributed by atoms with E-state index in [1.54, 1.807) is 30.1 Å². The van der Waals surface area contributed by atoms with Crippen LogP contribution in [-0.4, -0.2) is 77.6 Å². The van der Waals surface area contributed by atoms with E-state index in [2.05, 4.69) is 20.5 Å². The van der Waals surface area contributed by atoms with Crippen LogP contribution < -0.4 is 10.6 Å². The van der Waals surface area contributed by atoms with Crippen LogP contribution in [-0.2, 0) is 28.9 Å². The fourth-order valence-corrected chi connectivity index (χ4v) is 6.85. The van der Waals surface area contributed by atoms with Crippen molar-refractivity contribution in [3.8, 4) is 0 Å². The highest BCUT2D eigenvalue weighted by molar-refractivity contribution is 6.19. The van der Waals surface area contributed by atoms with Gasteiger partial charge in [-0.3, -0.25) is 14.5 Å². The molecule has 11 nitrogen and oxygen atoms in total. The summed E-state index contributed by atoms with van der Waals surface area (Å²) in [6.07, 6.45) is 3.16. The minimum Gasteiger partial charge on any atom is -0.465 e. The third-order valence-corrected chi connectivity index (χ3v) is 9.76.